The quantitative estimate of drug-likeness (QED) is 0.400. The largest absolute Gasteiger partial charge is 0.395 e. The first kappa shape index (κ1) is 21.0. The Morgan fingerprint density at radius 2 is 1.39 bits per heavy atom. The lowest BCUT2D eigenvalue weighted by atomic mass is 9.94. The molecule has 1 heterocycles. The summed E-state index contributed by atoms with van der Waals surface area (Å²) in [5.41, 5.74) is 0. The molecule has 2 nitrogen and oxygen atoms in total. The summed E-state index contributed by atoms with van der Waals surface area (Å²) in [6, 6.07) is 1.18. The number of unbranched alkanes of at least 4 members (excludes halogenated alkanes) is 8. The van der Waals surface area contributed by atoms with E-state index in [1.807, 2.05) is 0 Å². The summed E-state index contributed by atoms with van der Waals surface area (Å²) in [6.45, 7) is 6.17. The highest BCUT2D eigenvalue weighted by atomic mass is 16.3. The third kappa shape index (κ3) is 9.10. The van der Waals surface area contributed by atoms with Crippen LogP contribution in [0.4, 0.5) is 0 Å². The molecule has 0 radical (unpaired) electrons. The summed E-state index contributed by atoms with van der Waals surface area (Å²) in [5, 5.41) is 9.75. The Hall–Kier alpha value is -0.0800. The Balaban J connectivity index is 2.39. The maximum atomic E-state index is 9.75. The van der Waals surface area contributed by atoms with Gasteiger partial charge in [-0.3, -0.25) is 4.90 Å². The zero-order chi connectivity index (χ0) is 16.8. The number of piperidine rings is 1. The minimum Gasteiger partial charge on any atom is -0.395 e. The van der Waals surface area contributed by atoms with E-state index < -0.39 is 0 Å². The molecule has 138 valence electrons. The van der Waals surface area contributed by atoms with Crippen LogP contribution in [-0.2, 0) is 0 Å². The van der Waals surface area contributed by atoms with E-state index in [2.05, 4.69) is 18.7 Å². The molecule has 0 spiro atoms. The Bertz CT molecular complexity index is 242. The summed E-state index contributed by atoms with van der Waals surface area (Å²) < 4.78 is 0. The zero-order valence-electron chi connectivity index (χ0n) is 16.1. The van der Waals surface area contributed by atoms with Gasteiger partial charge in [0.2, 0.25) is 0 Å². The van der Waals surface area contributed by atoms with Crippen molar-refractivity contribution in [2.24, 2.45) is 0 Å². The zero-order valence-corrected chi connectivity index (χ0v) is 16.1. The summed E-state index contributed by atoms with van der Waals surface area (Å²) in [7, 11) is 0. The molecule has 1 fully saturated rings. The number of aliphatic hydroxyl groups is 1. The monoisotopic (exact) mass is 325 g/mol. The maximum Gasteiger partial charge on any atom is 0.0586 e. The summed E-state index contributed by atoms with van der Waals surface area (Å²) in [4.78, 5) is 2.68. The molecule has 1 unspecified atom stereocenters. The average molecular weight is 326 g/mol. The van der Waals surface area contributed by atoms with E-state index >= 15 is 0 Å². The van der Waals surface area contributed by atoms with Gasteiger partial charge in [0.25, 0.3) is 0 Å². The first-order chi connectivity index (χ1) is 11.3. The molecule has 1 aliphatic rings. The summed E-state index contributed by atoms with van der Waals surface area (Å²) in [5.74, 6) is 0. The Kier molecular flexibility index (Phi) is 13.0. The van der Waals surface area contributed by atoms with Crippen LogP contribution in [0.2, 0.25) is 0 Å². The molecule has 23 heavy (non-hydrogen) atoms. The molecule has 1 atom stereocenters. The molecular weight excluding hydrogens is 282 g/mol. The van der Waals surface area contributed by atoms with Gasteiger partial charge in [-0.1, -0.05) is 84.5 Å². The van der Waals surface area contributed by atoms with Crippen LogP contribution >= 0.6 is 0 Å². The lowest BCUT2D eigenvalue weighted by Crippen LogP contribution is -2.48. The van der Waals surface area contributed by atoms with Gasteiger partial charge in [0.1, 0.15) is 0 Å². The number of nitrogens with zero attached hydrogens (tertiary/aromatic N) is 1. The summed E-state index contributed by atoms with van der Waals surface area (Å²) in [6.07, 6.45) is 20.4. The second-order valence-electron chi connectivity index (χ2n) is 7.63. The third-order valence-corrected chi connectivity index (χ3v) is 5.63. The van der Waals surface area contributed by atoms with E-state index in [9.17, 15) is 5.11 Å². The maximum absolute atomic E-state index is 9.75. The highest BCUT2D eigenvalue weighted by molar-refractivity contribution is 4.82. The minimum absolute atomic E-state index is 0.363. The van der Waals surface area contributed by atoms with Crippen molar-refractivity contribution in [3.8, 4) is 0 Å². The van der Waals surface area contributed by atoms with Gasteiger partial charge in [-0.15, -0.1) is 0 Å². The topological polar surface area (TPSA) is 23.5 Å². The van der Waals surface area contributed by atoms with Gasteiger partial charge in [-0.25, -0.2) is 0 Å². The lowest BCUT2D eigenvalue weighted by molar-refractivity contribution is 0.0441. The van der Waals surface area contributed by atoms with Crippen molar-refractivity contribution in [3.05, 3.63) is 0 Å². The number of rotatable bonds is 14. The van der Waals surface area contributed by atoms with Crippen LogP contribution in [0.3, 0.4) is 0 Å². The fourth-order valence-corrected chi connectivity index (χ4v) is 4.14. The van der Waals surface area contributed by atoms with Crippen LogP contribution in [-0.4, -0.2) is 35.2 Å². The molecule has 0 aromatic heterocycles. The molecule has 1 rings (SSSR count). The highest BCUT2D eigenvalue weighted by Gasteiger charge is 2.27. The van der Waals surface area contributed by atoms with Crippen LogP contribution in [0.25, 0.3) is 0 Å². The molecular formula is C21H43NO. The van der Waals surface area contributed by atoms with Crippen molar-refractivity contribution in [1.29, 1.82) is 0 Å². The van der Waals surface area contributed by atoms with Crippen LogP contribution in [0.1, 0.15) is 110 Å². The molecule has 0 aromatic carbocycles. The Labute approximate surface area is 146 Å². The van der Waals surface area contributed by atoms with Crippen molar-refractivity contribution in [2.75, 3.05) is 13.2 Å². The minimum atomic E-state index is 0.363. The molecule has 1 aliphatic heterocycles. The van der Waals surface area contributed by atoms with Gasteiger partial charge in [0.15, 0.2) is 0 Å². The van der Waals surface area contributed by atoms with Crippen molar-refractivity contribution < 1.29 is 5.11 Å². The van der Waals surface area contributed by atoms with Gasteiger partial charge >= 0.3 is 0 Å². The first-order valence-electron chi connectivity index (χ1n) is 10.7. The normalized spacial score (nSPS) is 19.6. The van der Waals surface area contributed by atoms with Gasteiger partial charge in [0, 0.05) is 12.1 Å². The van der Waals surface area contributed by atoms with E-state index in [1.165, 1.54) is 103 Å². The Morgan fingerprint density at radius 1 is 0.826 bits per heavy atom. The average Bonchev–Trinajstić information content (AvgIpc) is 2.59. The van der Waals surface area contributed by atoms with E-state index in [4.69, 9.17) is 0 Å². The summed E-state index contributed by atoms with van der Waals surface area (Å²) >= 11 is 0. The molecule has 1 N–H and O–H groups in total. The smallest absolute Gasteiger partial charge is 0.0586 e. The van der Waals surface area contributed by atoms with Crippen LogP contribution < -0.4 is 0 Å². The second-order valence-corrected chi connectivity index (χ2v) is 7.63. The van der Waals surface area contributed by atoms with Crippen LogP contribution in [0, 0.1) is 0 Å². The molecule has 0 bridgehead atoms. The molecule has 0 aromatic rings. The Morgan fingerprint density at radius 3 is 1.91 bits per heavy atom. The number of likely N-dealkylation sites (tertiary alicyclic amines) is 1. The number of hydrogen-bond acceptors (Lipinski definition) is 2. The predicted molar refractivity (Wildman–Crippen MR) is 102 cm³/mol. The number of hydrogen-bond donors (Lipinski definition) is 1. The lowest BCUT2D eigenvalue weighted by Gasteiger charge is -2.41. The van der Waals surface area contributed by atoms with Gasteiger partial charge in [-0.05, 0) is 32.2 Å². The third-order valence-electron chi connectivity index (χ3n) is 5.63. The SMILES string of the molecule is CCCCCCCC(CCCCCCC)N1CCCCC1CO. The molecule has 0 saturated carbocycles. The van der Waals surface area contributed by atoms with Gasteiger partial charge in [0.05, 0.1) is 6.61 Å². The fraction of sp³-hybridized carbons (Fsp3) is 1.00. The standard InChI is InChI=1S/C21H43NO/c1-3-5-7-9-11-15-20(16-12-10-8-6-4-2)22-18-14-13-17-21(22)19-23/h20-21,23H,3-19H2,1-2H3. The molecule has 0 amide bonds. The van der Waals surface area contributed by atoms with Crippen LogP contribution in [0.15, 0.2) is 0 Å². The van der Waals surface area contributed by atoms with Crippen molar-refractivity contribution in [1.82, 2.24) is 4.90 Å². The van der Waals surface area contributed by atoms with E-state index in [1.54, 1.807) is 0 Å². The molecule has 2 heteroatoms. The van der Waals surface area contributed by atoms with Gasteiger partial charge < -0.3 is 5.11 Å². The first-order valence-corrected chi connectivity index (χ1v) is 10.7. The fourth-order valence-electron chi connectivity index (χ4n) is 4.14. The van der Waals surface area contributed by atoms with E-state index in [0.717, 1.165) is 6.04 Å². The number of aliphatic hydroxyl groups excluding tert-OH is 1. The predicted octanol–water partition coefficient (Wildman–Crippen LogP) is 5.92. The molecule has 0 aliphatic carbocycles. The highest BCUT2D eigenvalue weighted by Crippen LogP contribution is 2.25. The van der Waals surface area contributed by atoms with E-state index in [0.29, 0.717) is 12.6 Å². The van der Waals surface area contributed by atoms with Crippen LogP contribution in [0.5, 0.6) is 0 Å². The molecule has 1 saturated heterocycles. The van der Waals surface area contributed by atoms with Crippen molar-refractivity contribution >= 4 is 0 Å². The second kappa shape index (κ2) is 14.3. The van der Waals surface area contributed by atoms with Crippen molar-refractivity contribution in [2.45, 2.75) is 122 Å². The van der Waals surface area contributed by atoms with E-state index in [-0.39, 0.29) is 0 Å². The van der Waals surface area contributed by atoms with Gasteiger partial charge in [-0.2, -0.15) is 0 Å². The van der Waals surface area contributed by atoms with Crippen molar-refractivity contribution in [3.63, 3.8) is 0 Å².